The summed E-state index contributed by atoms with van der Waals surface area (Å²) in [6.07, 6.45) is 3.17. The number of aromatic hydroxyl groups is 1. The molecule has 2 atom stereocenters. The number of hydrogen-bond donors (Lipinski definition) is 4. The molecule has 2 rings (SSSR count). The maximum absolute atomic E-state index is 11.8. The van der Waals surface area contributed by atoms with Crippen LogP contribution in [0.2, 0.25) is 0 Å². The molecule has 0 aromatic heterocycles. The smallest absolute Gasteiger partial charge is 0.339 e. The van der Waals surface area contributed by atoms with Crippen molar-refractivity contribution in [1.82, 2.24) is 5.32 Å². The third kappa shape index (κ3) is 3.20. The van der Waals surface area contributed by atoms with Crippen LogP contribution in [-0.4, -0.2) is 28.3 Å². The van der Waals surface area contributed by atoms with E-state index in [2.05, 4.69) is 17.6 Å². The van der Waals surface area contributed by atoms with Crippen LogP contribution in [-0.2, 0) is 0 Å². The van der Waals surface area contributed by atoms with Crippen LogP contribution in [0.1, 0.15) is 36.5 Å². The fraction of sp³-hybridized carbons (Fsp3) is 0.429. The lowest BCUT2D eigenvalue weighted by Gasteiger charge is -2.17. The zero-order chi connectivity index (χ0) is 14.7. The minimum atomic E-state index is -1.24. The summed E-state index contributed by atoms with van der Waals surface area (Å²) in [5, 5.41) is 23.8. The molecule has 4 N–H and O–H groups in total. The Bertz CT molecular complexity index is 530. The van der Waals surface area contributed by atoms with E-state index in [4.69, 9.17) is 5.11 Å². The van der Waals surface area contributed by atoms with Crippen LogP contribution >= 0.6 is 0 Å². The van der Waals surface area contributed by atoms with Crippen molar-refractivity contribution in [1.29, 1.82) is 0 Å². The van der Waals surface area contributed by atoms with E-state index in [0.29, 0.717) is 11.6 Å². The van der Waals surface area contributed by atoms with E-state index in [9.17, 15) is 14.7 Å². The van der Waals surface area contributed by atoms with Gasteiger partial charge in [-0.2, -0.15) is 0 Å². The molecule has 2 unspecified atom stereocenters. The van der Waals surface area contributed by atoms with E-state index in [-0.39, 0.29) is 23.4 Å². The molecule has 1 aromatic carbocycles. The van der Waals surface area contributed by atoms with Crippen molar-refractivity contribution in [3.63, 3.8) is 0 Å². The number of amides is 2. The molecule has 1 saturated carbocycles. The summed E-state index contributed by atoms with van der Waals surface area (Å²) >= 11 is 0. The summed E-state index contributed by atoms with van der Waals surface area (Å²) in [6.45, 7) is 2.10. The molecule has 0 aliphatic heterocycles. The van der Waals surface area contributed by atoms with Gasteiger partial charge in [0.2, 0.25) is 0 Å². The summed E-state index contributed by atoms with van der Waals surface area (Å²) in [4.78, 5) is 22.7. The maximum atomic E-state index is 11.8. The Kier molecular flexibility index (Phi) is 4.12. The van der Waals surface area contributed by atoms with Crippen LogP contribution in [0.15, 0.2) is 18.2 Å². The molecule has 0 spiro atoms. The van der Waals surface area contributed by atoms with Gasteiger partial charge in [0.05, 0.1) is 0 Å². The number of phenols is 1. The normalized spacial score (nSPS) is 21.4. The van der Waals surface area contributed by atoms with Gasteiger partial charge >= 0.3 is 12.0 Å². The Morgan fingerprint density at radius 1 is 1.30 bits per heavy atom. The van der Waals surface area contributed by atoms with E-state index in [0.717, 1.165) is 19.3 Å². The van der Waals surface area contributed by atoms with E-state index in [1.807, 2.05) is 0 Å². The van der Waals surface area contributed by atoms with Crippen LogP contribution in [0.3, 0.4) is 0 Å². The number of rotatable bonds is 3. The topological polar surface area (TPSA) is 98.7 Å². The summed E-state index contributed by atoms with van der Waals surface area (Å²) in [5.41, 5.74) is 0.0976. The monoisotopic (exact) mass is 278 g/mol. The van der Waals surface area contributed by atoms with E-state index < -0.39 is 5.97 Å². The number of hydrogen-bond acceptors (Lipinski definition) is 3. The number of carboxylic acids is 1. The maximum Gasteiger partial charge on any atom is 0.339 e. The Balaban J connectivity index is 2.00. The van der Waals surface area contributed by atoms with E-state index in [1.165, 1.54) is 18.2 Å². The second kappa shape index (κ2) is 5.81. The molecule has 1 aliphatic rings. The van der Waals surface area contributed by atoms with Crippen molar-refractivity contribution in [3.8, 4) is 5.75 Å². The minimum Gasteiger partial charge on any atom is -0.507 e. The molecular weight excluding hydrogens is 260 g/mol. The molecule has 6 nitrogen and oxygen atoms in total. The summed E-state index contributed by atoms with van der Waals surface area (Å²) in [6, 6.07) is 3.74. The van der Waals surface area contributed by atoms with Gasteiger partial charge in [0.1, 0.15) is 11.3 Å². The molecular formula is C14H18N2O4. The number of aromatic carboxylic acids is 1. The molecule has 20 heavy (non-hydrogen) atoms. The standard InChI is InChI=1S/C14H18N2O4/c1-8-3-2-4-11(8)16-14(20)15-9-5-6-12(17)10(7-9)13(18)19/h5-8,11,17H,2-4H2,1H3,(H,18,19)(H2,15,16,20). The van der Waals surface area contributed by atoms with Crippen molar-refractivity contribution in [2.24, 2.45) is 5.92 Å². The first kappa shape index (κ1) is 14.2. The van der Waals surface area contributed by atoms with Crippen molar-refractivity contribution in [2.75, 3.05) is 5.32 Å². The molecule has 108 valence electrons. The summed E-state index contributed by atoms with van der Waals surface area (Å²) < 4.78 is 0. The Hall–Kier alpha value is -2.24. The number of benzene rings is 1. The number of carbonyl (C=O) groups excluding carboxylic acids is 1. The molecule has 1 fully saturated rings. The first-order valence-corrected chi connectivity index (χ1v) is 6.61. The van der Waals surface area contributed by atoms with Crippen molar-refractivity contribution >= 4 is 17.7 Å². The second-order valence-electron chi connectivity index (χ2n) is 5.15. The molecule has 0 bridgehead atoms. The highest BCUT2D eigenvalue weighted by Crippen LogP contribution is 2.25. The molecule has 0 radical (unpaired) electrons. The Labute approximate surface area is 116 Å². The zero-order valence-corrected chi connectivity index (χ0v) is 11.2. The molecule has 6 heteroatoms. The Morgan fingerprint density at radius 2 is 2.05 bits per heavy atom. The Morgan fingerprint density at radius 3 is 2.65 bits per heavy atom. The van der Waals surface area contributed by atoms with Gasteiger partial charge < -0.3 is 20.8 Å². The minimum absolute atomic E-state index is 0.158. The predicted octanol–water partition coefficient (Wildman–Crippen LogP) is 2.40. The molecule has 0 heterocycles. The van der Waals surface area contributed by atoms with Gasteiger partial charge in [-0.05, 0) is 37.0 Å². The van der Waals surface area contributed by atoms with Crippen molar-refractivity contribution in [3.05, 3.63) is 23.8 Å². The van der Waals surface area contributed by atoms with Crippen LogP contribution < -0.4 is 10.6 Å². The average molecular weight is 278 g/mol. The molecule has 0 saturated heterocycles. The summed E-state index contributed by atoms with van der Waals surface area (Å²) in [5.74, 6) is -1.11. The summed E-state index contributed by atoms with van der Waals surface area (Å²) in [7, 11) is 0. The average Bonchev–Trinajstić information content (AvgIpc) is 2.77. The fourth-order valence-electron chi connectivity index (χ4n) is 2.48. The first-order valence-electron chi connectivity index (χ1n) is 6.61. The first-order chi connectivity index (χ1) is 9.47. The number of nitrogens with one attached hydrogen (secondary N) is 2. The van der Waals surface area contributed by atoms with Gasteiger partial charge in [-0.15, -0.1) is 0 Å². The van der Waals surface area contributed by atoms with Crippen molar-refractivity contribution < 1.29 is 19.8 Å². The molecule has 1 aromatic rings. The number of urea groups is 1. The SMILES string of the molecule is CC1CCCC1NC(=O)Nc1ccc(O)c(C(=O)O)c1. The van der Waals surface area contributed by atoms with E-state index in [1.54, 1.807) is 0 Å². The third-order valence-electron chi connectivity index (χ3n) is 3.66. The predicted molar refractivity (Wildman–Crippen MR) is 74.0 cm³/mol. The van der Waals surface area contributed by atoms with Crippen LogP contribution in [0, 0.1) is 5.92 Å². The van der Waals surface area contributed by atoms with Gasteiger partial charge in [0, 0.05) is 11.7 Å². The fourth-order valence-corrected chi connectivity index (χ4v) is 2.48. The zero-order valence-electron chi connectivity index (χ0n) is 11.2. The van der Waals surface area contributed by atoms with E-state index >= 15 is 0 Å². The number of carbonyl (C=O) groups is 2. The highest BCUT2D eigenvalue weighted by Gasteiger charge is 2.24. The van der Waals surface area contributed by atoms with Gasteiger partial charge in [-0.25, -0.2) is 9.59 Å². The molecule has 1 aliphatic carbocycles. The highest BCUT2D eigenvalue weighted by atomic mass is 16.4. The lowest BCUT2D eigenvalue weighted by atomic mass is 10.1. The second-order valence-corrected chi connectivity index (χ2v) is 5.15. The van der Waals surface area contributed by atoms with Crippen molar-refractivity contribution in [2.45, 2.75) is 32.2 Å². The lowest BCUT2D eigenvalue weighted by molar-refractivity contribution is 0.0693. The lowest BCUT2D eigenvalue weighted by Crippen LogP contribution is -2.39. The van der Waals surface area contributed by atoms with Gasteiger partial charge in [-0.1, -0.05) is 13.3 Å². The highest BCUT2D eigenvalue weighted by molar-refractivity contribution is 5.95. The van der Waals surface area contributed by atoms with Crippen LogP contribution in [0.25, 0.3) is 0 Å². The molecule has 2 amide bonds. The van der Waals surface area contributed by atoms with Gasteiger partial charge in [-0.3, -0.25) is 0 Å². The number of carboxylic acid groups (broad SMARTS) is 1. The van der Waals surface area contributed by atoms with Crippen LogP contribution in [0.4, 0.5) is 10.5 Å². The number of anilines is 1. The largest absolute Gasteiger partial charge is 0.507 e. The van der Waals surface area contributed by atoms with Crippen LogP contribution in [0.5, 0.6) is 5.75 Å². The van der Waals surface area contributed by atoms with Gasteiger partial charge in [0.15, 0.2) is 0 Å². The quantitative estimate of drug-likeness (QED) is 0.638. The van der Waals surface area contributed by atoms with Gasteiger partial charge in [0.25, 0.3) is 0 Å². The third-order valence-corrected chi connectivity index (χ3v) is 3.66.